The van der Waals surface area contributed by atoms with Crippen molar-refractivity contribution in [1.29, 1.82) is 0 Å². The van der Waals surface area contributed by atoms with E-state index >= 15 is 0 Å². The Hall–Kier alpha value is -3.79. The van der Waals surface area contributed by atoms with Gasteiger partial charge in [-0.05, 0) is 43.2 Å². The van der Waals surface area contributed by atoms with Crippen LogP contribution < -0.4 is 24.4 Å². The number of hydrogen-bond donors (Lipinski definition) is 0. The van der Waals surface area contributed by atoms with Crippen LogP contribution in [-0.2, 0) is 9.53 Å². The van der Waals surface area contributed by atoms with Crippen LogP contribution in [0.15, 0.2) is 69.6 Å². The van der Waals surface area contributed by atoms with E-state index in [1.165, 1.54) is 23.8 Å². The number of methoxy groups -OCH3 is 1. The zero-order chi connectivity index (χ0) is 26.5. The van der Waals surface area contributed by atoms with E-state index in [9.17, 15) is 18.4 Å². The Balaban J connectivity index is 1.99. The van der Waals surface area contributed by atoms with E-state index in [1.807, 2.05) is 13.0 Å². The van der Waals surface area contributed by atoms with E-state index in [-0.39, 0.29) is 22.5 Å². The highest BCUT2D eigenvalue weighted by Crippen LogP contribution is 2.34. The molecule has 0 bridgehead atoms. The molecule has 194 valence electrons. The molecule has 0 saturated carbocycles. The van der Waals surface area contributed by atoms with Gasteiger partial charge < -0.3 is 14.2 Å². The molecule has 0 radical (unpaired) electrons. The third kappa shape index (κ3) is 5.48. The maximum atomic E-state index is 13.8. The number of allylic oxidation sites excluding steroid dienone is 1. The normalized spacial score (nSPS) is 15.4. The molecule has 0 fully saturated rings. The van der Waals surface area contributed by atoms with E-state index in [2.05, 4.69) is 9.73 Å². The standard InChI is InChI=1S/C27H26F2N2O5S/c1-4-9-19-22(25(33)35-5-2)23(17-11-8-12-18(14-17)34-3)31-24(32)21(37-27(31)30-19)15-16-10-6-7-13-20(16)36-26(28)29/h6-8,10-15,23,26H,4-5,9H2,1-3H3/b21-15+/t23-/m1/s1. The van der Waals surface area contributed by atoms with E-state index in [1.54, 1.807) is 43.3 Å². The van der Waals surface area contributed by atoms with E-state index in [0.29, 0.717) is 33.8 Å². The number of fused-ring (bicyclic) bond motifs is 1. The fourth-order valence-electron chi connectivity index (χ4n) is 4.19. The van der Waals surface area contributed by atoms with Crippen LogP contribution in [-0.4, -0.2) is 30.9 Å². The van der Waals surface area contributed by atoms with E-state index in [4.69, 9.17) is 9.47 Å². The van der Waals surface area contributed by atoms with E-state index < -0.39 is 24.2 Å². The Labute approximate surface area is 215 Å². The summed E-state index contributed by atoms with van der Waals surface area (Å²) < 4.78 is 43.0. The number of rotatable bonds is 9. The van der Waals surface area contributed by atoms with Gasteiger partial charge in [-0.15, -0.1) is 0 Å². The zero-order valence-electron chi connectivity index (χ0n) is 20.6. The summed E-state index contributed by atoms with van der Waals surface area (Å²) in [5.74, 6) is -0.0333. The highest BCUT2D eigenvalue weighted by atomic mass is 32.1. The van der Waals surface area contributed by atoms with Gasteiger partial charge in [0.15, 0.2) is 4.80 Å². The lowest BCUT2D eigenvalue weighted by molar-refractivity contribution is -0.139. The van der Waals surface area contributed by atoms with Crippen LogP contribution in [0.4, 0.5) is 8.78 Å². The number of ether oxygens (including phenoxy) is 3. The van der Waals surface area contributed by atoms with Crippen molar-refractivity contribution in [3.8, 4) is 11.5 Å². The second-order valence-corrected chi connectivity index (χ2v) is 9.12. The summed E-state index contributed by atoms with van der Waals surface area (Å²) in [5, 5.41) is 0. The molecular formula is C27H26F2N2O5S. The number of para-hydroxylation sites is 1. The molecule has 0 aliphatic carbocycles. The highest BCUT2D eigenvalue weighted by Gasteiger charge is 2.34. The fraction of sp³-hybridized carbons (Fsp3) is 0.296. The Morgan fingerprint density at radius 1 is 1.19 bits per heavy atom. The molecule has 1 atom stereocenters. The summed E-state index contributed by atoms with van der Waals surface area (Å²) in [6.45, 7) is 0.846. The molecule has 7 nitrogen and oxygen atoms in total. The van der Waals surface area contributed by atoms with Crippen LogP contribution in [0.25, 0.3) is 6.08 Å². The number of esters is 1. The topological polar surface area (TPSA) is 79.1 Å². The van der Waals surface area contributed by atoms with Crippen LogP contribution in [0, 0.1) is 0 Å². The summed E-state index contributed by atoms with van der Waals surface area (Å²) in [5.41, 5.74) is 1.39. The third-order valence-electron chi connectivity index (χ3n) is 5.72. The smallest absolute Gasteiger partial charge is 0.387 e. The molecule has 1 aliphatic heterocycles. The minimum Gasteiger partial charge on any atom is -0.497 e. The summed E-state index contributed by atoms with van der Waals surface area (Å²) in [7, 11) is 1.54. The molecule has 0 amide bonds. The SMILES string of the molecule is CCCC1=C(C(=O)OCC)[C@@H](c2cccc(OC)c2)n2c(s/c(=C/c3ccccc3OC(F)F)c2=O)=N1. The van der Waals surface area contributed by atoms with Gasteiger partial charge >= 0.3 is 12.6 Å². The Morgan fingerprint density at radius 3 is 2.68 bits per heavy atom. The minimum atomic E-state index is -3.01. The van der Waals surface area contributed by atoms with Crippen molar-refractivity contribution in [2.45, 2.75) is 39.3 Å². The number of carbonyl (C=O) groups is 1. The summed E-state index contributed by atoms with van der Waals surface area (Å²) in [6, 6.07) is 12.6. The maximum Gasteiger partial charge on any atom is 0.387 e. The fourth-order valence-corrected chi connectivity index (χ4v) is 5.20. The minimum absolute atomic E-state index is 0.0495. The lowest BCUT2D eigenvalue weighted by Crippen LogP contribution is -2.40. The average molecular weight is 529 g/mol. The first-order valence-corrected chi connectivity index (χ1v) is 12.6. The van der Waals surface area contributed by atoms with Gasteiger partial charge in [0.25, 0.3) is 5.56 Å². The molecule has 3 aromatic rings. The maximum absolute atomic E-state index is 13.8. The summed E-state index contributed by atoms with van der Waals surface area (Å²) >= 11 is 1.12. The molecule has 2 aromatic carbocycles. The molecule has 37 heavy (non-hydrogen) atoms. The third-order valence-corrected chi connectivity index (χ3v) is 6.71. The van der Waals surface area contributed by atoms with Gasteiger partial charge in [0.05, 0.1) is 35.6 Å². The second-order valence-electron chi connectivity index (χ2n) is 8.11. The quantitative estimate of drug-likeness (QED) is 0.389. The molecule has 0 spiro atoms. The molecule has 4 rings (SSSR count). The molecule has 10 heteroatoms. The number of benzene rings is 2. The van der Waals surface area contributed by atoms with Gasteiger partial charge in [0.2, 0.25) is 0 Å². The number of alkyl halides is 2. The number of nitrogens with zero attached hydrogens (tertiary/aromatic N) is 2. The van der Waals surface area contributed by atoms with Crippen molar-refractivity contribution < 1.29 is 27.8 Å². The lowest BCUT2D eigenvalue weighted by Gasteiger charge is -2.26. The van der Waals surface area contributed by atoms with Crippen LogP contribution in [0.3, 0.4) is 0 Å². The Morgan fingerprint density at radius 2 is 1.97 bits per heavy atom. The van der Waals surface area contributed by atoms with Gasteiger partial charge in [0, 0.05) is 5.56 Å². The van der Waals surface area contributed by atoms with Gasteiger partial charge in [-0.25, -0.2) is 9.79 Å². The predicted molar refractivity (Wildman–Crippen MR) is 136 cm³/mol. The van der Waals surface area contributed by atoms with Crippen molar-refractivity contribution in [3.63, 3.8) is 0 Å². The first-order valence-electron chi connectivity index (χ1n) is 11.8. The molecule has 0 N–H and O–H groups in total. The molecule has 2 heterocycles. The monoisotopic (exact) mass is 528 g/mol. The molecule has 1 aromatic heterocycles. The zero-order valence-corrected chi connectivity index (χ0v) is 21.4. The van der Waals surface area contributed by atoms with Gasteiger partial charge in [-0.1, -0.05) is 55.0 Å². The Bertz CT molecular complexity index is 1510. The van der Waals surface area contributed by atoms with Gasteiger partial charge in [-0.3, -0.25) is 9.36 Å². The van der Waals surface area contributed by atoms with Crippen LogP contribution in [0.2, 0.25) is 0 Å². The number of hydrogen-bond acceptors (Lipinski definition) is 7. The van der Waals surface area contributed by atoms with Crippen LogP contribution in [0.1, 0.15) is 43.9 Å². The number of aromatic nitrogens is 1. The van der Waals surface area contributed by atoms with Gasteiger partial charge in [-0.2, -0.15) is 8.78 Å². The van der Waals surface area contributed by atoms with Crippen molar-refractivity contribution in [2.75, 3.05) is 13.7 Å². The molecule has 0 unspecified atom stereocenters. The molecule has 1 aliphatic rings. The average Bonchev–Trinajstić information content (AvgIpc) is 3.19. The van der Waals surface area contributed by atoms with E-state index in [0.717, 1.165) is 17.8 Å². The number of halogens is 2. The van der Waals surface area contributed by atoms with Gasteiger partial charge in [0.1, 0.15) is 11.5 Å². The first kappa shape index (κ1) is 26.3. The van der Waals surface area contributed by atoms with Crippen molar-refractivity contribution in [3.05, 3.63) is 90.6 Å². The van der Waals surface area contributed by atoms with Crippen LogP contribution in [0.5, 0.6) is 11.5 Å². The largest absolute Gasteiger partial charge is 0.497 e. The molecule has 0 saturated heterocycles. The summed E-state index contributed by atoms with van der Waals surface area (Å²) in [6.07, 6.45) is 2.72. The second kappa shape index (κ2) is 11.5. The van der Waals surface area contributed by atoms with Crippen molar-refractivity contribution in [2.24, 2.45) is 4.99 Å². The number of thiazole rings is 1. The summed E-state index contributed by atoms with van der Waals surface area (Å²) in [4.78, 5) is 32.1. The van der Waals surface area contributed by atoms with Crippen molar-refractivity contribution >= 4 is 23.4 Å². The lowest BCUT2D eigenvalue weighted by atomic mass is 9.94. The number of carbonyl (C=O) groups excluding carboxylic acids is 1. The van der Waals surface area contributed by atoms with Crippen LogP contribution >= 0.6 is 11.3 Å². The first-order chi connectivity index (χ1) is 17.9. The van der Waals surface area contributed by atoms with Crippen molar-refractivity contribution in [1.82, 2.24) is 4.57 Å². The predicted octanol–water partition coefficient (Wildman–Crippen LogP) is 4.19. The Kier molecular flexibility index (Phi) is 8.17. The highest BCUT2D eigenvalue weighted by molar-refractivity contribution is 7.07. The molecular weight excluding hydrogens is 502 g/mol.